The van der Waals surface area contributed by atoms with Crippen molar-refractivity contribution < 1.29 is 20.0 Å². The summed E-state index contributed by atoms with van der Waals surface area (Å²) >= 11 is 0. The van der Waals surface area contributed by atoms with Crippen LogP contribution < -0.4 is 15.8 Å². The molecular weight excluding hydrogens is 344 g/mol. The molecule has 5 N–H and O–H groups in total. The molecule has 138 valence electrons. The van der Waals surface area contributed by atoms with Crippen molar-refractivity contribution in [3.05, 3.63) is 40.4 Å². The number of nitro groups is 1. The molecule has 2 aromatic rings. The van der Waals surface area contributed by atoms with Gasteiger partial charge in [0.1, 0.15) is 18.1 Å². The second-order valence-corrected chi connectivity index (χ2v) is 5.76. The molecule has 0 bridgehead atoms. The maximum absolute atomic E-state index is 11.2. The van der Waals surface area contributed by atoms with Gasteiger partial charge in [0, 0.05) is 0 Å². The predicted molar refractivity (Wildman–Crippen MR) is 93.6 cm³/mol. The molecule has 0 atom stereocenters. The highest BCUT2D eigenvalue weighted by atomic mass is 16.6. The van der Waals surface area contributed by atoms with E-state index < -0.39 is 22.0 Å². The molecule has 0 amide bonds. The van der Waals surface area contributed by atoms with E-state index in [1.807, 2.05) is 6.07 Å². The minimum atomic E-state index is -1.12. The summed E-state index contributed by atoms with van der Waals surface area (Å²) in [6.07, 6.45) is 0. The summed E-state index contributed by atoms with van der Waals surface area (Å²) in [7, 11) is 0. The van der Waals surface area contributed by atoms with Crippen molar-refractivity contribution in [2.24, 2.45) is 5.16 Å². The molecular formula is C15H18N6O5. The standard InChI is InChI=1S/C15H18N6O5/c1-15(2,10(20-23)8-26-9-6-4-3-5-7-9)19-12-11(21(24)25)13(22)18-14(16)17-12/h3-7,23H,8H2,1-2H3,(H4,16,17,18,19,22). The lowest BCUT2D eigenvalue weighted by Crippen LogP contribution is -2.43. The molecule has 0 aliphatic heterocycles. The fourth-order valence-electron chi connectivity index (χ4n) is 2.09. The number of rotatable bonds is 7. The van der Waals surface area contributed by atoms with Crippen LogP contribution >= 0.6 is 0 Å². The van der Waals surface area contributed by atoms with Gasteiger partial charge in [0.2, 0.25) is 11.8 Å². The zero-order valence-corrected chi connectivity index (χ0v) is 14.1. The number of ether oxygens (including phenoxy) is 1. The Morgan fingerprint density at radius 2 is 2.04 bits per heavy atom. The van der Waals surface area contributed by atoms with Crippen LogP contribution in [0.4, 0.5) is 17.5 Å². The maximum atomic E-state index is 11.2. The van der Waals surface area contributed by atoms with E-state index >= 15 is 0 Å². The maximum Gasteiger partial charge on any atom is 0.372 e. The average Bonchev–Trinajstić information content (AvgIpc) is 2.54. The molecule has 0 saturated carbocycles. The molecule has 11 heteroatoms. The first-order chi connectivity index (χ1) is 12.2. The number of aromatic hydroxyl groups is 1. The Balaban J connectivity index is 2.25. The molecule has 26 heavy (non-hydrogen) atoms. The molecule has 1 heterocycles. The van der Waals surface area contributed by atoms with Gasteiger partial charge in [-0.15, -0.1) is 0 Å². The number of nitrogens with two attached hydrogens (primary N) is 1. The number of benzene rings is 1. The number of para-hydroxylation sites is 1. The summed E-state index contributed by atoms with van der Waals surface area (Å²) in [4.78, 5) is 17.4. The normalized spacial score (nSPS) is 11.8. The quantitative estimate of drug-likeness (QED) is 0.248. The van der Waals surface area contributed by atoms with Crippen molar-refractivity contribution in [1.29, 1.82) is 0 Å². The van der Waals surface area contributed by atoms with Gasteiger partial charge >= 0.3 is 5.69 Å². The van der Waals surface area contributed by atoms with E-state index in [2.05, 4.69) is 20.4 Å². The van der Waals surface area contributed by atoms with Crippen molar-refractivity contribution in [3.8, 4) is 11.6 Å². The van der Waals surface area contributed by atoms with E-state index in [4.69, 9.17) is 10.5 Å². The molecule has 0 unspecified atom stereocenters. The lowest BCUT2D eigenvalue weighted by atomic mass is 9.98. The molecule has 0 radical (unpaired) electrons. The van der Waals surface area contributed by atoms with Crippen LogP contribution in [-0.4, -0.2) is 43.1 Å². The monoisotopic (exact) mass is 362 g/mol. The highest BCUT2D eigenvalue weighted by Gasteiger charge is 2.32. The SMILES string of the molecule is CC(C)(Nc1nc(N)nc(O)c1[N+](=O)[O-])C(COc1ccccc1)=NO. The first-order valence-corrected chi connectivity index (χ1v) is 7.43. The number of anilines is 2. The molecule has 2 rings (SSSR count). The smallest absolute Gasteiger partial charge is 0.372 e. The Bertz CT molecular complexity index is 825. The molecule has 1 aromatic heterocycles. The first kappa shape index (κ1) is 18.7. The molecule has 1 aromatic carbocycles. The number of aromatic nitrogens is 2. The van der Waals surface area contributed by atoms with Crippen molar-refractivity contribution in [2.45, 2.75) is 19.4 Å². The van der Waals surface area contributed by atoms with Gasteiger partial charge in [0.05, 0.1) is 10.5 Å². The highest BCUT2D eigenvalue weighted by Crippen LogP contribution is 2.33. The fraction of sp³-hybridized carbons (Fsp3) is 0.267. The lowest BCUT2D eigenvalue weighted by Gasteiger charge is -2.27. The Labute approximate surface area is 148 Å². The Kier molecular flexibility index (Phi) is 5.40. The van der Waals surface area contributed by atoms with Crippen LogP contribution in [0.15, 0.2) is 35.5 Å². The van der Waals surface area contributed by atoms with Gasteiger partial charge in [-0.3, -0.25) is 10.1 Å². The number of nitrogens with zero attached hydrogens (tertiary/aromatic N) is 4. The van der Waals surface area contributed by atoms with Gasteiger partial charge in [-0.05, 0) is 26.0 Å². The highest BCUT2D eigenvalue weighted by molar-refractivity contribution is 5.96. The Hall–Kier alpha value is -3.63. The summed E-state index contributed by atoms with van der Waals surface area (Å²) in [6, 6.07) is 8.84. The van der Waals surface area contributed by atoms with Gasteiger partial charge in [0.15, 0.2) is 0 Å². The van der Waals surface area contributed by atoms with Crippen LogP contribution in [0.25, 0.3) is 0 Å². The minimum Gasteiger partial charge on any atom is -0.488 e. The number of nitrogen functional groups attached to an aromatic ring is 1. The van der Waals surface area contributed by atoms with Crippen molar-refractivity contribution in [1.82, 2.24) is 9.97 Å². The van der Waals surface area contributed by atoms with E-state index in [1.54, 1.807) is 38.1 Å². The zero-order chi connectivity index (χ0) is 19.3. The number of hydrogen-bond donors (Lipinski definition) is 4. The second-order valence-electron chi connectivity index (χ2n) is 5.76. The van der Waals surface area contributed by atoms with Gasteiger partial charge in [-0.2, -0.15) is 9.97 Å². The average molecular weight is 362 g/mol. The van der Waals surface area contributed by atoms with Crippen LogP contribution in [0.5, 0.6) is 11.6 Å². The van der Waals surface area contributed by atoms with Crippen LogP contribution in [0.3, 0.4) is 0 Å². The van der Waals surface area contributed by atoms with E-state index in [-0.39, 0.29) is 24.1 Å². The number of oxime groups is 1. The third-order valence-corrected chi connectivity index (χ3v) is 3.46. The van der Waals surface area contributed by atoms with Crippen molar-refractivity contribution in [3.63, 3.8) is 0 Å². The fourth-order valence-corrected chi connectivity index (χ4v) is 2.09. The van der Waals surface area contributed by atoms with Crippen LogP contribution in [-0.2, 0) is 0 Å². The summed E-state index contributed by atoms with van der Waals surface area (Å²) < 4.78 is 5.54. The largest absolute Gasteiger partial charge is 0.488 e. The molecule has 0 spiro atoms. The summed E-state index contributed by atoms with van der Waals surface area (Å²) in [5, 5.41) is 36.1. The van der Waals surface area contributed by atoms with Crippen LogP contribution in [0.2, 0.25) is 0 Å². The van der Waals surface area contributed by atoms with Crippen LogP contribution in [0.1, 0.15) is 13.8 Å². The topological polar surface area (TPSA) is 169 Å². The Morgan fingerprint density at radius 3 is 2.62 bits per heavy atom. The number of nitrogens with one attached hydrogen (secondary N) is 1. The van der Waals surface area contributed by atoms with Crippen molar-refractivity contribution >= 4 is 23.2 Å². The van der Waals surface area contributed by atoms with E-state index in [0.29, 0.717) is 5.75 Å². The van der Waals surface area contributed by atoms with Gasteiger partial charge in [-0.25, -0.2) is 0 Å². The van der Waals surface area contributed by atoms with Gasteiger partial charge in [0.25, 0.3) is 5.88 Å². The predicted octanol–water partition coefficient (Wildman–Crippen LogP) is 1.77. The summed E-state index contributed by atoms with van der Waals surface area (Å²) in [5.41, 5.74) is 3.71. The van der Waals surface area contributed by atoms with Gasteiger partial charge < -0.3 is 26.1 Å². The zero-order valence-electron chi connectivity index (χ0n) is 14.1. The second kappa shape index (κ2) is 7.51. The van der Waals surface area contributed by atoms with E-state index in [0.717, 1.165) is 0 Å². The first-order valence-electron chi connectivity index (χ1n) is 7.43. The number of hydrogen-bond acceptors (Lipinski definition) is 10. The van der Waals surface area contributed by atoms with Crippen LogP contribution in [0, 0.1) is 10.1 Å². The molecule has 0 fully saturated rings. The van der Waals surface area contributed by atoms with E-state index in [1.165, 1.54) is 0 Å². The minimum absolute atomic E-state index is 0.0964. The van der Waals surface area contributed by atoms with Crippen molar-refractivity contribution in [2.75, 3.05) is 17.7 Å². The summed E-state index contributed by atoms with van der Waals surface area (Å²) in [5.74, 6) is -0.983. The lowest BCUT2D eigenvalue weighted by molar-refractivity contribution is -0.385. The summed E-state index contributed by atoms with van der Waals surface area (Å²) in [6.45, 7) is 3.09. The Morgan fingerprint density at radius 1 is 1.38 bits per heavy atom. The van der Waals surface area contributed by atoms with Gasteiger partial charge in [-0.1, -0.05) is 23.4 Å². The molecule has 0 saturated heterocycles. The third kappa shape index (κ3) is 4.26. The van der Waals surface area contributed by atoms with E-state index in [9.17, 15) is 20.4 Å². The third-order valence-electron chi connectivity index (χ3n) is 3.46. The molecule has 0 aliphatic rings. The molecule has 0 aliphatic carbocycles. The molecule has 11 nitrogen and oxygen atoms in total.